The normalized spacial score (nSPS) is 11.2. The average Bonchev–Trinajstić information content (AvgIpc) is 2.81. The highest BCUT2D eigenvalue weighted by Gasteiger charge is 2.09. The van der Waals surface area contributed by atoms with Crippen molar-refractivity contribution in [3.8, 4) is 5.75 Å². The summed E-state index contributed by atoms with van der Waals surface area (Å²) >= 11 is 0. The molecule has 2 rings (SSSR count). The van der Waals surface area contributed by atoms with Crippen LogP contribution in [-0.2, 0) is 4.79 Å². The summed E-state index contributed by atoms with van der Waals surface area (Å²) in [6.07, 6.45) is 1.53. The zero-order valence-corrected chi connectivity index (χ0v) is 11.8. The number of oxazole rings is 1. The molecule has 2 aromatic rings. The fourth-order valence-electron chi connectivity index (χ4n) is 1.83. The Labute approximate surface area is 117 Å². The van der Waals surface area contributed by atoms with E-state index in [1.807, 2.05) is 32.0 Å². The van der Waals surface area contributed by atoms with Crippen molar-refractivity contribution >= 4 is 17.1 Å². The first-order chi connectivity index (χ1) is 9.56. The molecule has 108 valence electrons. The van der Waals surface area contributed by atoms with Gasteiger partial charge >= 0.3 is 5.97 Å². The average molecular weight is 277 g/mol. The molecule has 1 N–H and O–H groups in total. The molecular formula is C15H19NO4. The van der Waals surface area contributed by atoms with Crippen molar-refractivity contribution < 1.29 is 19.1 Å². The zero-order chi connectivity index (χ0) is 14.5. The molecule has 1 aromatic heterocycles. The Morgan fingerprint density at radius 2 is 2.20 bits per heavy atom. The highest BCUT2D eigenvalue weighted by molar-refractivity contribution is 5.74. The van der Waals surface area contributed by atoms with Gasteiger partial charge < -0.3 is 14.3 Å². The highest BCUT2D eigenvalue weighted by Crippen LogP contribution is 2.24. The lowest BCUT2D eigenvalue weighted by atomic mass is 10.2. The molecule has 1 aromatic carbocycles. The topological polar surface area (TPSA) is 72.6 Å². The molecule has 0 aliphatic rings. The van der Waals surface area contributed by atoms with Gasteiger partial charge in [0.2, 0.25) is 0 Å². The molecule has 5 nitrogen and oxygen atoms in total. The lowest BCUT2D eigenvalue weighted by Crippen LogP contribution is -2.00. The minimum Gasteiger partial charge on any atom is -0.494 e. The number of rotatable bonds is 7. The summed E-state index contributed by atoms with van der Waals surface area (Å²) in [7, 11) is 0. The van der Waals surface area contributed by atoms with Crippen LogP contribution in [-0.4, -0.2) is 22.7 Å². The van der Waals surface area contributed by atoms with Crippen molar-refractivity contribution in [2.24, 2.45) is 0 Å². The number of aliphatic carboxylic acids is 1. The van der Waals surface area contributed by atoms with E-state index < -0.39 is 5.97 Å². The molecule has 0 radical (unpaired) electrons. The number of hydrogen-bond acceptors (Lipinski definition) is 4. The zero-order valence-electron chi connectivity index (χ0n) is 11.8. The van der Waals surface area contributed by atoms with Crippen LogP contribution in [0.25, 0.3) is 11.1 Å². The third kappa shape index (κ3) is 3.73. The van der Waals surface area contributed by atoms with E-state index in [4.69, 9.17) is 14.3 Å². The van der Waals surface area contributed by atoms with Gasteiger partial charge in [-0.15, -0.1) is 0 Å². The second kappa shape index (κ2) is 6.41. The highest BCUT2D eigenvalue weighted by atomic mass is 16.5. The lowest BCUT2D eigenvalue weighted by molar-refractivity contribution is -0.137. The van der Waals surface area contributed by atoms with E-state index in [-0.39, 0.29) is 12.3 Å². The monoisotopic (exact) mass is 277 g/mol. The number of carbonyl (C=O) groups is 1. The molecule has 0 spiro atoms. The van der Waals surface area contributed by atoms with E-state index in [1.165, 1.54) is 0 Å². The van der Waals surface area contributed by atoms with E-state index in [1.54, 1.807) is 0 Å². The summed E-state index contributed by atoms with van der Waals surface area (Å²) in [6.45, 7) is 4.57. The summed E-state index contributed by atoms with van der Waals surface area (Å²) in [5, 5.41) is 8.54. The van der Waals surface area contributed by atoms with Gasteiger partial charge in [0.05, 0.1) is 6.61 Å². The van der Waals surface area contributed by atoms with Gasteiger partial charge in [-0.2, -0.15) is 0 Å². The molecule has 0 saturated heterocycles. The minimum atomic E-state index is -0.768. The fraction of sp³-hybridized carbons (Fsp3) is 0.467. The first-order valence-electron chi connectivity index (χ1n) is 6.81. The van der Waals surface area contributed by atoms with E-state index in [2.05, 4.69) is 4.98 Å². The lowest BCUT2D eigenvalue weighted by Gasteiger charge is -2.04. The Kier molecular flexibility index (Phi) is 4.61. The summed E-state index contributed by atoms with van der Waals surface area (Å²) in [4.78, 5) is 14.8. The number of carboxylic acid groups (broad SMARTS) is 1. The van der Waals surface area contributed by atoms with E-state index in [9.17, 15) is 4.79 Å². The first-order valence-corrected chi connectivity index (χ1v) is 6.81. The van der Waals surface area contributed by atoms with Crippen LogP contribution >= 0.6 is 0 Å². The molecule has 0 saturated carbocycles. The van der Waals surface area contributed by atoms with Gasteiger partial charge in [0.25, 0.3) is 0 Å². The van der Waals surface area contributed by atoms with Crippen LogP contribution in [0.3, 0.4) is 0 Å². The molecule has 0 atom stereocenters. The smallest absolute Gasteiger partial charge is 0.303 e. The molecule has 1 heterocycles. The molecular weight excluding hydrogens is 258 g/mol. The third-order valence-electron chi connectivity index (χ3n) is 2.92. The number of nitrogens with zero attached hydrogens (tertiary/aromatic N) is 1. The number of fused-ring (bicyclic) bond motifs is 1. The van der Waals surface area contributed by atoms with Gasteiger partial charge in [0, 0.05) is 18.4 Å². The quantitative estimate of drug-likeness (QED) is 0.783. The van der Waals surface area contributed by atoms with Crippen LogP contribution in [0.4, 0.5) is 0 Å². The third-order valence-corrected chi connectivity index (χ3v) is 2.92. The first kappa shape index (κ1) is 14.4. The predicted molar refractivity (Wildman–Crippen MR) is 75.1 cm³/mol. The Balaban J connectivity index is 1.92. The second-order valence-corrected chi connectivity index (χ2v) is 5.04. The molecule has 20 heavy (non-hydrogen) atoms. The van der Waals surface area contributed by atoms with Crippen molar-refractivity contribution in [1.29, 1.82) is 0 Å². The van der Waals surface area contributed by atoms with Gasteiger partial charge in [-0.3, -0.25) is 4.79 Å². The maximum atomic E-state index is 10.4. The number of hydrogen-bond donors (Lipinski definition) is 1. The van der Waals surface area contributed by atoms with Crippen molar-refractivity contribution in [3.63, 3.8) is 0 Å². The number of unbranched alkanes of at least 4 members (excludes halogenated alkanes) is 1. The van der Waals surface area contributed by atoms with Crippen LogP contribution in [0.5, 0.6) is 5.75 Å². The SMILES string of the molecule is CC(C)c1nc2cc(OCCCCC(=O)O)ccc2o1. The minimum absolute atomic E-state index is 0.184. The molecule has 5 heteroatoms. The molecule has 0 amide bonds. The molecule has 0 bridgehead atoms. The number of benzene rings is 1. The van der Waals surface area contributed by atoms with Gasteiger partial charge in [0.15, 0.2) is 11.5 Å². The van der Waals surface area contributed by atoms with Crippen molar-refractivity contribution in [2.45, 2.75) is 39.0 Å². The van der Waals surface area contributed by atoms with E-state index in [0.29, 0.717) is 13.0 Å². The van der Waals surface area contributed by atoms with E-state index >= 15 is 0 Å². The van der Waals surface area contributed by atoms with Crippen molar-refractivity contribution in [2.75, 3.05) is 6.61 Å². The molecule has 0 aliphatic heterocycles. The standard InChI is InChI=1S/C15H19NO4/c1-10(2)15-16-12-9-11(6-7-13(12)20-15)19-8-4-3-5-14(17)18/h6-7,9-10H,3-5,8H2,1-2H3,(H,17,18). The Morgan fingerprint density at radius 1 is 1.40 bits per heavy atom. The summed E-state index contributed by atoms with van der Waals surface area (Å²) < 4.78 is 11.2. The van der Waals surface area contributed by atoms with Crippen molar-refractivity contribution in [3.05, 3.63) is 24.1 Å². The maximum Gasteiger partial charge on any atom is 0.303 e. The largest absolute Gasteiger partial charge is 0.494 e. The Hall–Kier alpha value is -2.04. The van der Waals surface area contributed by atoms with Gasteiger partial charge in [-0.05, 0) is 25.0 Å². The van der Waals surface area contributed by atoms with Crippen LogP contribution in [0.2, 0.25) is 0 Å². The number of ether oxygens (including phenoxy) is 1. The van der Waals surface area contributed by atoms with Gasteiger partial charge in [-0.25, -0.2) is 4.98 Å². The van der Waals surface area contributed by atoms with Crippen LogP contribution in [0.1, 0.15) is 44.9 Å². The molecule has 0 fully saturated rings. The Bertz CT molecular complexity index is 589. The van der Waals surface area contributed by atoms with Gasteiger partial charge in [0.1, 0.15) is 11.3 Å². The Morgan fingerprint density at radius 3 is 2.90 bits per heavy atom. The second-order valence-electron chi connectivity index (χ2n) is 5.04. The van der Waals surface area contributed by atoms with Gasteiger partial charge in [-0.1, -0.05) is 13.8 Å². The fourth-order valence-corrected chi connectivity index (χ4v) is 1.83. The summed E-state index contributed by atoms with van der Waals surface area (Å²) in [6, 6.07) is 5.54. The predicted octanol–water partition coefficient (Wildman–Crippen LogP) is 3.58. The summed E-state index contributed by atoms with van der Waals surface area (Å²) in [5.41, 5.74) is 1.55. The molecule has 0 unspecified atom stereocenters. The number of aromatic nitrogens is 1. The number of carboxylic acids is 1. The van der Waals surface area contributed by atoms with Crippen LogP contribution in [0, 0.1) is 0 Å². The molecule has 0 aliphatic carbocycles. The summed E-state index contributed by atoms with van der Waals surface area (Å²) in [5.74, 6) is 0.938. The van der Waals surface area contributed by atoms with Crippen molar-refractivity contribution in [1.82, 2.24) is 4.98 Å². The van der Waals surface area contributed by atoms with E-state index in [0.717, 1.165) is 29.2 Å². The maximum absolute atomic E-state index is 10.4. The van der Waals surface area contributed by atoms with Crippen LogP contribution in [0.15, 0.2) is 22.6 Å². The van der Waals surface area contributed by atoms with Crippen LogP contribution < -0.4 is 4.74 Å².